The summed E-state index contributed by atoms with van der Waals surface area (Å²) in [5.41, 5.74) is 2.22. The van der Waals surface area contributed by atoms with E-state index in [2.05, 4.69) is 0 Å². The molecule has 3 aromatic rings. The van der Waals surface area contributed by atoms with Crippen LogP contribution in [0.15, 0.2) is 72.3 Å². The van der Waals surface area contributed by atoms with Gasteiger partial charge < -0.3 is 14.9 Å². The minimum Gasteiger partial charge on any atom is -0.508 e. The Balaban J connectivity index is 1.93. The molecule has 1 atom stereocenters. The number of hydrogen-bond donors (Lipinski definition) is 2. The molecule has 6 nitrogen and oxygen atoms in total. The standard InChI is InChI=1S/C28H26ClNO5/c1-4-35-23-13-10-18(14-22(23)16(2)3)26(32)24-25(17-8-11-21(31)12-9-17)30(28(34)27(24)33)20-7-5-6-19(29)15-20/h5-16,25,31-32H,4H2,1-3H3/b26-24-. The topological polar surface area (TPSA) is 87.1 Å². The van der Waals surface area contributed by atoms with E-state index in [9.17, 15) is 19.8 Å². The molecular formula is C28H26ClNO5. The van der Waals surface area contributed by atoms with E-state index in [1.54, 1.807) is 54.6 Å². The van der Waals surface area contributed by atoms with Gasteiger partial charge in [0.05, 0.1) is 18.2 Å². The molecule has 1 heterocycles. The van der Waals surface area contributed by atoms with Gasteiger partial charge in [-0.25, -0.2) is 0 Å². The molecule has 3 aromatic carbocycles. The van der Waals surface area contributed by atoms with Crippen LogP contribution in [0.3, 0.4) is 0 Å². The number of aromatic hydroxyl groups is 1. The van der Waals surface area contributed by atoms with Crippen LogP contribution in [0.1, 0.15) is 49.4 Å². The Morgan fingerprint density at radius 1 is 1.06 bits per heavy atom. The van der Waals surface area contributed by atoms with Crippen molar-refractivity contribution in [3.05, 3.63) is 94.0 Å². The van der Waals surface area contributed by atoms with Crippen LogP contribution in [0.4, 0.5) is 5.69 Å². The molecule has 0 bridgehead atoms. The van der Waals surface area contributed by atoms with E-state index in [1.165, 1.54) is 17.0 Å². The molecule has 0 aromatic heterocycles. The molecule has 1 aliphatic rings. The van der Waals surface area contributed by atoms with Gasteiger partial charge in [-0.1, -0.05) is 43.6 Å². The molecule has 0 radical (unpaired) electrons. The smallest absolute Gasteiger partial charge is 0.300 e. The van der Waals surface area contributed by atoms with Crippen molar-refractivity contribution in [2.24, 2.45) is 0 Å². The number of ketones is 1. The fourth-order valence-electron chi connectivity index (χ4n) is 4.29. The number of ether oxygens (including phenoxy) is 1. The van der Waals surface area contributed by atoms with E-state index in [0.29, 0.717) is 34.2 Å². The average molecular weight is 492 g/mol. The van der Waals surface area contributed by atoms with Crippen molar-refractivity contribution < 1.29 is 24.5 Å². The second kappa shape index (κ2) is 9.84. The number of Topliss-reactive ketones (excluding diaryl/α,β-unsaturated/α-hetero) is 1. The molecule has 0 spiro atoms. The number of aliphatic hydroxyl groups excluding tert-OH is 1. The minimum absolute atomic E-state index is 0.0421. The number of hydrogen-bond acceptors (Lipinski definition) is 5. The van der Waals surface area contributed by atoms with E-state index < -0.39 is 17.7 Å². The first-order valence-electron chi connectivity index (χ1n) is 11.4. The molecule has 7 heteroatoms. The quantitative estimate of drug-likeness (QED) is 0.244. The van der Waals surface area contributed by atoms with Crippen molar-refractivity contribution in [1.82, 2.24) is 0 Å². The first-order chi connectivity index (χ1) is 16.7. The summed E-state index contributed by atoms with van der Waals surface area (Å²) >= 11 is 6.18. The van der Waals surface area contributed by atoms with Gasteiger partial charge in [-0.05, 0) is 72.5 Å². The van der Waals surface area contributed by atoms with E-state index in [0.717, 1.165) is 5.56 Å². The maximum absolute atomic E-state index is 13.3. The van der Waals surface area contributed by atoms with Crippen LogP contribution < -0.4 is 9.64 Å². The molecule has 1 amide bonds. The lowest BCUT2D eigenvalue weighted by atomic mass is 9.93. The summed E-state index contributed by atoms with van der Waals surface area (Å²) in [6, 6.07) is 17.1. The van der Waals surface area contributed by atoms with Gasteiger partial charge in [-0.2, -0.15) is 0 Å². The van der Waals surface area contributed by atoms with Crippen LogP contribution in [-0.2, 0) is 9.59 Å². The van der Waals surface area contributed by atoms with Crippen molar-refractivity contribution in [2.45, 2.75) is 32.7 Å². The number of phenolic OH excluding ortho intramolecular Hbond substituents is 1. The highest BCUT2D eigenvalue weighted by Gasteiger charge is 2.47. The summed E-state index contributed by atoms with van der Waals surface area (Å²) in [6.07, 6.45) is 0. The van der Waals surface area contributed by atoms with Crippen molar-refractivity contribution in [3.63, 3.8) is 0 Å². The van der Waals surface area contributed by atoms with Crippen LogP contribution in [0, 0.1) is 0 Å². The van der Waals surface area contributed by atoms with Crippen molar-refractivity contribution in [2.75, 3.05) is 11.5 Å². The number of aliphatic hydroxyl groups is 1. The van der Waals surface area contributed by atoms with Crippen molar-refractivity contribution >= 4 is 34.7 Å². The lowest BCUT2D eigenvalue weighted by Gasteiger charge is -2.25. The number of halogens is 1. The molecule has 2 N–H and O–H groups in total. The number of phenols is 1. The van der Waals surface area contributed by atoms with Gasteiger partial charge in [0.15, 0.2) is 0 Å². The Hall–Kier alpha value is -3.77. The van der Waals surface area contributed by atoms with E-state index in [1.807, 2.05) is 20.8 Å². The lowest BCUT2D eigenvalue weighted by molar-refractivity contribution is -0.132. The van der Waals surface area contributed by atoms with Crippen LogP contribution >= 0.6 is 11.6 Å². The number of benzene rings is 3. The first kappa shape index (κ1) is 24.4. The third kappa shape index (κ3) is 4.62. The predicted octanol–water partition coefficient (Wildman–Crippen LogP) is 6.19. The first-order valence-corrected chi connectivity index (χ1v) is 11.7. The fraction of sp³-hybridized carbons (Fsp3) is 0.214. The zero-order valence-corrected chi connectivity index (χ0v) is 20.4. The molecule has 0 aliphatic carbocycles. The second-order valence-corrected chi connectivity index (χ2v) is 9.02. The normalized spacial score (nSPS) is 17.3. The number of rotatable bonds is 6. The lowest BCUT2D eigenvalue weighted by Crippen LogP contribution is -2.29. The molecule has 180 valence electrons. The summed E-state index contributed by atoms with van der Waals surface area (Å²) in [7, 11) is 0. The summed E-state index contributed by atoms with van der Waals surface area (Å²) in [4.78, 5) is 27.9. The number of amides is 1. The zero-order chi connectivity index (χ0) is 25.3. The number of carbonyl (C=O) groups excluding carboxylic acids is 2. The van der Waals surface area contributed by atoms with Crippen LogP contribution in [0.2, 0.25) is 5.02 Å². The monoisotopic (exact) mass is 491 g/mol. The highest BCUT2D eigenvalue weighted by atomic mass is 35.5. The Bertz CT molecular complexity index is 1310. The van der Waals surface area contributed by atoms with Gasteiger partial charge in [0.1, 0.15) is 17.3 Å². The maximum atomic E-state index is 13.3. The van der Waals surface area contributed by atoms with Crippen molar-refractivity contribution in [3.8, 4) is 11.5 Å². The molecule has 1 aliphatic heterocycles. The molecule has 1 unspecified atom stereocenters. The number of carbonyl (C=O) groups is 2. The van der Waals surface area contributed by atoms with E-state index in [-0.39, 0.29) is 23.0 Å². The maximum Gasteiger partial charge on any atom is 0.300 e. The Morgan fingerprint density at radius 2 is 1.77 bits per heavy atom. The van der Waals surface area contributed by atoms with Gasteiger partial charge in [-0.15, -0.1) is 0 Å². The summed E-state index contributed by atoms with van der Waals surface area (Å²) < 4.78 is 5.72. The number of anilines is 1. The summed E-state index contributed by atoms with van der Waals surface area (Å²) in [5, 5.41) is 21.6. The molecule has 4 rings (SSSR count). The Morgan fingerprint density at radius 3 is 2.40 bits per heavy atom. The largest absolute Gasteiger partial charge is 0.508 e. The Labute approximate surface area is 209 Å². The van der Waals surface area contributed by atoms with Gasteiger partial charge in [0.25, 0.3) is 11.7 Å². The highest BCUT2D eigenvalue weighted by Crippen LogP contribution is 2.43. The third-order valence-corrected chi connectivity index (χ3v) is 6.18. The Kier molecular flexibility index (Phi) is 6.85. The van der Waals surface area contributed by atoms with Crippen molar-refractivity contribution in [1.29, 1.82) is 0 Å². The molecular weight excluding hydrogens is 466 g/mol. The molecule has 35 heavy (non-hydrogen) atoms. The van der Waals surface area contributed by atoms with Gasteiger partial charge in [0.2, 0.25) is 0 Å². The van der Waals surface area contributed by atoms with Crippen LogP contribution in [0.25, 0.3) is 5.76 Å². The molecule has 1 saturated heterocycles. The van der Waals surface area contributed by atoms with Gasteiger partial charge in [0, 0.05) is 16.3 Å². The van der Waals surface area contributed by atoms with Gasteiger partial charge in [-0.3, -0.25) is 14.5 Å². The van der Waals surface area contributed by atoms with Crippen LogP contribution in [-0.4, -0.2) is 28.5 Å². The van der Waals surface area contributed by atoms with Crippen LogP contribution in [0.5, 0.6) is 11.5 Å². The zero-order valence-electron chi connectivity index (χ0n) is 19.7. The SMILES string of the molecule is CCOc1ccc(/C(O)=C2/C(=O)C(=O)N(c3cccc(Cl)c3)C2c2ccc(O)cc2)cc1C(C)C. The second-order valence-electron chi connectivity index (χ2n) is 8.58. The summed E-state index contributed by atoms with van der Waals surface area (Å²) in [6.45, 7) is 6.41. The van der Waals surface area contributed by atoms with E-state index >= 15 is 0 Å². The third-order valence-electron chi connectivity index (χ3n) is 5.94. The fourth-order valence-corrected chi connectivity index (χ4v) is 4.47. The highest BCUT2D eigenvalue weighted by molar-refractivity contribution is 6.51. The average Bonchev–Trinajstić information content (AvgIpc) is 3.10. The van der Waals surface area contributed by atoms with E-state index in [4.69, 9.17) is 16.3 Å². The van der Waals surface area contributed by atoms with Gasteiger partial charge >= 0.3 is 0 Å². The predicted molar refractivity (Wildman–Crippen MR) is 136 cm³/mol. The molecule has 0 saturated carbocycles. The minimum atomic E-state index is -0.914. The number of nitrogens with zero attached hydrogens (tertiary/aromatic N) is 1. The molecule has 1 fully saturated rings. The summed E-state index contributed by atoms with van der Waals surface area (Å²) in [5.74, 6) is -1.01.